The number of aromatic nitrogens is 1. The van der Waals surface area contributed by atoms with Gasteiger partial charge in [-0.2, -0.15) is 0 Å². The minimum atomic E-state index is -0.313. The summed E-state index contributed by atoms with van der Waals surface area (Å²) >= 11 is 0. The van der Waals surface area contributed by atoms with Gasteiger partial charge < -0.3 is 5.73 Å². The normalized spacial score (nSPS) is 16.2. The topological polar surface area (TPSA) is 38.9 Å². The van der Waals surface area contributed by atoms with Crippen LogP contribution < -0.4 is 5.73 Å². The SMILES string of the molecule is NC1(c2cccc3ncccc23)Cc2ccccc2C1. The third-order valence-corrected chi connectivity index (χ3v) is 4.31. The number of nitrogens with two attached hydrogens (primary N) is 1. The Kier molecular flexibility index (Phi) is 2.41. The molecule has 1 aliphatic rings. The predicted octanol–water partition coefficient (Wildman–Crippen LogP) is 3.19. The van der Waals surface area contributed by atoms with Gasteiger partial charge in [-0.15, -0.1) is 0 Å². The molecule has 20 heavy (non-hydrogen) atoms. The molecule has 0 unspecified atom stereocenters. The summed E-state index contributed by atoms with van der Waals surface area (Å²) in [5, 5.41) is 1.17. The number of benzene rings is 2. The van der Waals surface area contributed by atoms with Crippen LogP contribution in [0.2, 0.25) is 0 Å². The van der Waals surface area contributed by atoms with Gasteiger partial charge in [-0.25, -0.2) is 0 Å². The highest BCUT2D eigenvalue weighted by molar-refractivity contribution is 5.83. The Morgan fingerprint density at radius 1 is 0.850 bits per heavy atom. The summed E-state index contributed by atoms with van der Waals surface area (Å²) in [7, 11) is 0. The zero-order valence-electron chi connectivity index (χ0n) is 11.2. The van der Waals surface area contributed by atoms with Crippen molar-refractivity contribution in [2.24, 2.45) is 5.73 Å². The van der Waals surface area contributed by atoms with Crippen molar-refractivity contribution in [3.63, 3.8) is 0 Å². The zero-order valence-corrected chi connectivity index (χ0v) is 11.2. The first-order valence-corrected chi connectivity index (χ1v) is 6.96. The Morgan fingerprint density at radius 3 is 2.35 bits per heavy atom. The van der Waals surface area contributed by atoms with Crippen molar-refractivity contribution in [3.05, 3.63) is 77.5 Å². The molecule has 98 valence electrons. The Bertz CT molecular complexity index is 762. The number of rotatable bonds is 1. The van der Waals surface area contributed by atoms with Crippen LogP contribution in [0.15, 0.2) is 60.8 Å². The molecule has 2 heteroatoms. The highest BCUT2D eigenvalue weighted by Crippen LogP contribution is 2.38. The summed E-state index contributed by atoms with van der Waals surface area (Å²) in [5.41, 5.74) is 11.4. The average Bonchev–Trinajstić information content (AvgIpc) is 2.84. The van der Waals surface area contributed by atoms with E-state index < -0.39 is 0 Å². The molecule has 0 atom stereocenters. The molecule has 0 saturated carbocycles. The van der Waals surface area contributed by atoms with Crippen LogP contribution in [0.5, 0.6) is 0 Å². The predicted molar refractivity (Wildman–Crippen MR) is 81.5 cm³/mol. The molecule has 1 heterocycles. The van der Waals surface area contributed by atoms with E-state index in [0.29, 0.717) is 0 Å². The van der Waals surface area contributed by atoms with Crippen LogP contribution in [-0.4, -0.2) is 4.98 Å². The highest BCUT2D eigenvalue weighted by Gasteiger charge is 2.35. The summed E-state index contributed by atoms with van der Waals surface area (Å²) in [5.74, 6) is 0. The summed E-state index contributed by atoms with van der Waals surface area (Å²) in [6.07, 6.45) is 3.63. The van der Waals surface area contributed by atoms with Gasteiger partial charge in [0.2, 0.25) is 0 Å². The van der Waals surface area contributed by atoms with E-state index in [4.69, 9.17) is 5.73 Å². The second-order valence-electron chi connectivity index (χ2n) is 5.65. The Morgan fingerprint density at radius 2 is 1.60 bits per heavy atom. The van der Waals surface area contributed by atoms with Crippen LogP contribution >= 0.6 is 0 Å². The molecule has 1 aromatic heterocycles. The molecule has 0 amide bonds. The number of pyridine rings is 1. The van der Waals surface area contributed by atoms with E-state index >= 15 is 0 Å². The molecular formula is C18H16N2. The van der Waals surface area contributed by atoms with Crippen LogP contribution in [0.4, 0.5) is 0 Å². The third kappa shape index (κ3) is 1.65. The molecule has 1 aliphatic carbocycles. The molecule has 0 bridgehead atoms. The van der Waals surface area contributed by atoms with Gasteiger partial charge >= 0.3 is 0 Å². The first kappa shape index (κ1) is 11.6. The fourth-order valence-electron chi connectivity index (χ4n) is 3.37. The Hall–Kier alpha value is -2.19. The molecular weight excluding hydrogens is 244 g/mol. The molecule has 0 spiro atoms. The number of hydrogen-bond acceptors (Lipinski definition) is 2. The maximum absolute atomic E-state index is 6.77. The molecule has 0 radical (unpaired) electrons. The number of nitrogens with zero attached hydrogens (tertiary/aromatic N) is 1. The quantitative estimate of drug-likeness (QED) is 0.730. The van der Waals surface area contributed by atoms with Crippen molar-refractivity contribution in [1.29, 1.82) is 0 Å². The van der Waals surface area contributed by atoms with E-state index in [1.807, 2.05) is 18.3 Å². The molecule has 4 rings (SSSR count). The molecule has 0 aliphatic heterocycles. The maximum Gasteiger partial charge on any atom is 0.0705 e. The van der Waals surface area contributed by atoms with Crippen molar-refractivity contribution >= 4 is 10.9 Å². The summed E-state index contributed by atoms with van der Waals surface area (Å²) in [4.78, 5) is 4.44. The van der Waals surface area contributed by atoms with E-state index in [9.17, 15) is 0 Å². The zero-order chi connectivity index (χ0) is 13.6. The fraction of sp³-hybridized carbons (Fsp3) is 0.167. The lowest BCUT2D eigenvalue weighted by Crippen LogP contribution is -2.37. The van der Waals surface area contributed by atoms with Gasteiger partial charge in [0.1, 0.15) is 0 Å². The van der Waals surface area contributed by atoms with Gasteiger partial charge in [0, 0.05) is 17.1 Å². The number of hydrogen-bond donors (Lipinski definition) is 1. The molecule has 2 nitrogen and oxygen atoms in total. The highest BCUT2D eigenvalue weighted by atomic mass is 14.8. The second kappa shape index (κ2) is 4.15. The van der Waals surface area contributed by atoms with Crippen LogP contribution in [0.3, 0.4) is 0 Å². The molecule has 3 aromatic rings. The third-order valence-electron chi connectivity index (χ3n) is 4.31. The second-order valence-corrected chi connectivity index (χ2v) is 5.65. The van der Waals surface area contributed by atoms with Crippen molar-refractivity contribution in [2.75, 3.05) is 0 Å². The first-order valence-electron chi connectivity index (χ1n) is 6.96. The van der Waals surface area contributed by atoms with Gasteiger partial charge in [0.05, 0.1) is 5.52 Å². The molecule has 2 aromatic carbocycles. The standard InChI is InChI=1S/C18H16N2/c19-18(11-13-5-1-2-6-14(13)12-18)16-8-3-9-17-15(16)7-4-10-20-17/h1-10H,11-12,19H2. The van der Waals surface area contributed by atoms with Crippen molar-refractivity contribution < 1.29 is 0 Å². The van der Waals surface area contributed by atoms with E-state index in [2.05, 4.69) is 47.4 Å². The molecule has 0 fully saturated rings. The minimum Gasteiger partial charge on any atom is -0.321 e. The van der Waals surface area contributed by atoms with Crippen LogP contribution in [0.25, 0.3) is 10.9 Å². The lowest BCUT2D eigenvalue weighted by atomic mass is 9.85. The van der Waals surface area contributed by atoms with Crippen LogP contribution in [0, 0.1) is 0 Å². The van der Waals surface area contributed by atoms with E-state index in [-0.39, 0.29) is 5.54 Å². The van der Waals surface area contributed by atoms with E-state index in [0.717, 1.165) is 18.4 Å². The fourth-order valence-corrected chi connectivity index (χ4v) is 3.37. The van der Waals surface area contributed by atoms with Crippen LogP contribution in [0.1, 0.15) is 16.7 Å². The van der Waals surface area contributed by atoms with Gasteiger partial charge in [0.15, 0.2) is 0 Å². The first-order chi connectivity index (χ1) is 9.76. The average molecular weight is 260 g/mol. The van der Waals surface area contributed by atoms with Crippen LogP contribution in [-0.2, 0) is 18.4 Å². The van der Waals surface area contributed by atoms with E-state index in [1.165, 1.54) is 22.1 Å². The smallest absolute Gasteiger partial charge is 0.0705 e. The van der Waals surface area contributed by atoms with Gasteiger partial charge in [-0.05, 0) is 41.7 Å². The summed E-state index contributed by atoms with van der Waals surface area (Å²) in [6.45, 7) is 0. The van der Waals surface area contributed by atoms with Crippen molar-refractivity contribution in [2.45, 2.75) is 18.4 Å². The summed E-state index contributed by atoms with van der Waals surface area (Å²) in [6, 6.07) is 18.9. The monoisotopic (exact) mass is 260 g/mol. The van der Waals surface area contributed by atoms with Crippen molar-refractivity contribution in [3.8, 4) is 0 Å². The van der Waals surface area contributed by atoms with E-state index in [1.54, 1.807) is 0 Å². The van der Waals surface area contributed by atoms with Gasteiger partial charge in [-0.3, -0.25) is 4.98 Å². The summed E-state index contributed by atoms with van der Waals surface area (Å²) < 4.78 is 0. The van der Waals surface area contributed by atoms with Gasteiger partial charge in [0.25, 0.3) is 0 Å². The molecule has 0 saturated heterocycles. The Balaban J connectivity index is 1.89. The number of fused-ring (bicyclic) bond motifs is 2. The lowest BCUT2D eigenvalue weighted by molar-refractivity contribution is 0.477. The molecule has 2 N–H and O–H groups in total. The van der Waals surface area contributed by atoms with Crippen molar-refractivity contribution in [1.82, 2.24) is 4.98 Å². The largest absolute Gasteiger partial charge is 0.321 e. The lowest BCUT2D eigenvalue weighted by Gasteiger charge is -2.25. The maximum atomic E-state index is 6.77. The Labute approximate surface area is 118 Å². The van der Waals surface area contributed by atoms with Gasteiger partial charge in [-0.1, -0.05) is 42.5 Å². The minimum absolute atomic E-state index is 0.313.